The molecule has 7 heteroatoms. The van der Waals surface area contributed by atoms with Gasteiger partial charge in [-0.15, -0.1) is 0 Å². The molecule has 0 radical (unpaired) electrons. The molecule has 7 nitrogen and oxygen atoms in total. The van der Waals surface area contributed by atoms with E-state index in [2.05, 4.69) is 15.0 Å². The zero-order valence-corrected chi connectivity index (χ0v) is 17.6. The van der Waals surface area contributed by atoms with Crippen molar-refractivity contribution in [1.29, 1.82) is 0 Å². The molecule has 0 unspecified atom stereocenters. The average molecular weight is 429 g/mol. The number of hydrogen-bond donors (Lipinski definition) is 2. The molecule has 0 aliphatic heterocycles. The Morgan fingerprint density at radius 3 is 1.69 bits per heavy atom. The van der Waals surface area contributed by atoms with Crippen LogP contribution in [0.3, 0.4) is 0 Å². The van der Waals surface area contributed by atoms with Gasteiger partial charge in [0.1, 0.15) is 29.4 Å². The smallest absolute Gasteiger partial charge is 0.171 e. The summed E-state index contributed by atoms with van der Waals surface area (Å²) in [6, 6.07) is 21.8. The van der Waals surface area contributed by atoms with Crippen molar-refractivity contribution < 1.29 is 19.7 Å². The van der Waals surface area contributed by atoms with Gasteiger partial charge in [-0.25, -0.2) is 15.0 Å². The first-order valence-corrected chi connectivity index (χ1v) is 10.3. The minimum atomic E-state index is -0.194. The summed E-state index contributed by atoms with van der Waals surface area (Å²) in [6.07, 6.45) is 0. The Bertz CT molecular complexity index is 1100. The van der Waals surface area contributed by atoms with Gasteiger partial charge in [0.05, 0.1) is 6.61 Å². The molecule has 3 aromatic carbocycles. The summed E-state index contributed by atoms with van der Waals surface area (Å²) in [4.78, 5) is 13.7. The van der Waals surface area contributed by atoms with Crippen LogP contribution < -0.4 is 4.74 Å². The van der Waals surface area contributed by atoms with Gasteiger partial charge in [0, 0.05) is 29.9 Å². The molecular weight excluding hydrogens is 406 g/mol. The first-order valence-electron chi connectivity index (χ1n) is 10.3. The van der Waals surface area contributed by atoms with Gasteiger partial charge in [0.2, 0.25) is 0 Å². The molecule has 0 atom stereocenters. The van der Waals surface area contributed by atoms with E-state index in [9.17, 15) is 10.2 Å². The summed E-state index contributed by atoms with van der Waals surface area (Å²) in [5, 5.41) is 21.4. The molecular formula is C25H23N3O4. The third-order valence-corrected chi connectivity index (χ3v) is 4.69. The second-order valence-electron chi connectivity index (χ2n) is 6.92. The Labute approximate surface area is 186 Å². The van der Waals surface area contributed by atoms with E-state index < -0.39 is 0 Å². The van der Waals surface area contributed by atoms with Crippen molar-refractivity contribution in [2.75, 3.05) is 19.8 Å². The van der Waals surface area contributed by atoms with E-state index in [-0.39, 0.29) is 22.9 Å². The van der Waals surface area contributed by atoms with Crippen LogP contribution in [0, 0.1) is 0 Å². The van der Waals surface area contributed by atoms with Crippen LogP contribution in [0.15, 0.2) is 72.8 Å². The van der Waals surface area contributed by atoms with Crippen LogP contribution in [0.2, 0.25) is 0 Å². The van der Waals surface area contributed by atoms with Gasteiger partial charge in [-0.1, -0.05) is 60.7 Å². The number of hydrogen-bond acceptors (Lipinski definition) is 7. The Balaban J connectivity index is 1.77. The number of rotatable bonds is 8. The second kappa shape index (κ2) is 9.89. The third kappa shape index (κ3) is 4.84. The van der Waals surface area contributed by atoms with Crippen molar-refractivity contribution in [1.82, 2.24) is 15.0 Å². The molecule has 2 N–H and O–H groups in total. The number of aromatic hydroxyl groups is 2. The molecule has 0 saturated carbocycles. The lowest BCUT2D eigenvalue weighted by Crippen LogP contribution is -2.06. The normalized spacial score (nSPS) is 10.8. The van der Waals surface area contributed by atoms with E-state index in [0.29, 0.717) is 37.2 Å². The Hall–Kier alpha value is -3.97. The lowest BCUT2D eigenvalue weighted by Gasteiger charge is -2.12. The van der Waals surface area contributed by atoms with Crippen molar-refractivity contribution >= 4 is 0 Å². The molecule has 0 aliphatic carbocycles. The van der Waals surface area contributed by atoms with Crippen LogP contribution in [0.1, 0.15) is 6.92 Å². The number of aromatic nitrogens is 3. The van der Waals surface area contributed by atoms with Gasteiger partial charge in [-0.05, 0) is 6.92 Å². The molecule has 0 amide bonds. The monoisotopic (exact) mass is 429 g/mol. The summed E-state index contributed by atoms with van der Waals surface area (Å²) >= 11 is 0. The van der Waals surface area contributed by atoms with Gasteiger partial charge in [-0.3, -0.25) is 0 Å². The SMILES string of the molecule is CCOCCOc1cc(O)c(-c2nc(-c3ccccc3)nc(-c3ccccc3)n2)c(O)c1. The molecule has 0 fully saturated rings. The molecule has 0 aliphatic rings. The molecule has 32 heavy (non-hydrogen) atoms. The number of ether oxygens (including phenoxy) is 2. The van der Waals surface area contributed by atoms with Crippen LogP contribution >= 0.6 is 0 Å². The van der Waals surface area contributed by atoms with E-state index in [0.717, 1.165) is 11.1 Å². The van der Waals surface area contributed by atoms with E-state index >= 15 is 0 Å². The zero-order valence-electron chi connectivity index (χ0n) is 17.6. The maximum absolute atomic E-state index is 10.7. The van der Waals surface area contributed by atoms with E-state index in [1.165, 1.54) is 12.1 Å². The van der Waals surface area contributed by atoms with Gasteiger partial charge in [-0.2, -0.15) is 0 Å². The van der Waals surface area contributed by atoms with Gasteiger partial charge in [0.25, 0.3) is 0 Å². The quantitative estimate of drug-likeness (QED) is 0.392. The molecule has 4 aromatic rings. The predicted octanol–water partition coefficient (Wildman–Crippen LogP) is 4.70. The van der Waals surface area contributed by atoms with Crippen LogP contribution in [0.25, 0.3) is 34.2 Å². The van der Waals surface area contributed by atoms with Gasteiger partial charge < -0.3 is 19.7 Å². The van der Waals surface area contributed by atoms with E-state index in [1.54, 1.807) is 0 Å². The molecule has 4 rings (SSSR count). The van der Waals surface area contributed by atoms with Gasteiger partial charge >= 0.3 is 0 Å². The van der Waals surface area contributed by atoms with Crippen LogP contribution in [0.5, 0.6) is 17.2 Å². The van der Waals surface area contributed by atoms with Gasteiger partial charge in [0.15, 0.2) is 17.5 Å². The minimum absolute atomic E-state index is 0.110. The Kier molecular flexibility index (Phi) is 6.57. The highest BCUT2D eigenvalue weighted by atomic mass is 16.5. The van der Waals surface area contributed by atoms with Crippen molar-refractivity contribution in [2.45, 2.75) is 6.92 Å². The van der Waals surface area contributed by atoms with Crippen LogP contribution in [-0.2, 0) is 4.74 Å². The highest BCUT2D eigenvalue weighted by Crippen LogP contribution is 2.40. The minimum Gasteiger partial charge on any atom is -0.507 e. The highest BCUT2D eigenvalue weighted by molar-refractivity contribution is 5.75. The topological polar surface area (TPSA) is 97.6 Å². The summed E-state index contributed by atoms with van der Waals surface area (Å²) in [5.41, 5.74) is 1.70. The number of phenols is 2. The average Bonchev–Trinajstić information content (AvgIpc) is 2.82. The Morgan fingerprint density at radius 1 is 0.688 bits per heavy atom. The fraction of sp³-hybridized carbons (Fsp3) is 0.160. The standard InChI is InChI=1S/C25H23N3O4/c1-2-31-13-14-32-19-15-20(29)22(21(30)16-19)25-27-23(17-9-5-3-6-10-17)26-24(28-25)18-11-7-4-8-12-18/h3-12,15-16,29-30H,2,13-14H2,1H3. The summed E-state index contributed by atoms with van der Waals surface area (Å²) < 4.78 is 10.8. The maximum Gasteiger partial charge on any atom is 0.171 e. The van der Waals surface area contributed by atoms with Crippen molar-refractivity contribution in [3.05, 3.63) is 72.8 Å². The second-order valence-corrected chi connectivity index (χ2v) is 6.92. The van der Waals surface area contributed by atoms with Crippen LogP contribution in [-0.4, -0.2) is 45.0 Å². The van der Waals surface area contributed by atoms with E-state index in [1.807, 2.05) is 67.6 Å². The Morgan fingerprint density at radius 2 is 1.19 bits per heavy atom. The number of nitrogens with zero attached hydrogens (tertiary/aromatic N) is 3. The van der Waals surface area contributed by atoms with Crippen LogP contribution in [0.4, 0.5) is 0 Å². The fourth-order valence-corrected chi connectivity index (χ4v) is 3.18. The first kappa shape index (κ1) is 21.3. The zero-order chi connectivity index (χ0) is 22.3. The lowest BCUT2D eigenvalue weighted by atomic mass is 10.1. The predicted molar refractivity (Wildman–Crippen MR) is 121 cm³/mol. The maximum atomic E-state index is 10.7. The molecule has 0 spiro atoms. The van der Waals surface area contributed by atoms with Crippen molar-refractivity contribution in [2.24, 2.45) is 0 Å². The lowest BCUT2D eigenvalue weighted by molar-refractivity contribution is 0.110. The van der Waals surface area contributed by atoms with Crippen molar-refractivity contribution in [3.63, 3.8) is 0 Å². The third-order valence-electron chi connectivity index (χ3n) is 4.69. The summed E-state index contributed by atoms with van der Waals surface area (Å²) in [7, 11) is 0. The number of benzene rings is 3. The fourth-order valence-electron chi connectivity index (χ4n) is 3.18. The summed E-state index contributed by atoms with van der Waals surface area (Å²) in [5.74, 6) is 0.967. The molecule has 0 bridgehead atoms. The number of phenolic OH excluding ortho intramolecular Hbond substituents is 2. The highest BCUT2D eigenvalue weighted by Gasteiger charge is 2.19. The van der Waals surface area contributed by atoms with E-state index in [4.69, 9.17) is 9.47 Å². The summed E-state index contributed by atoms with van der Waals surface area (Å²) in [6.45, 7) is 3.20. The van der Waals surface area contributed by atoms with Crippen molar-refractivity contribution in [3.8, 4) is 51.4 Å². The largest absolute Gasteiger partial charge is 0.507 e. The molecule has 162 valence electrons. The molecule has 1 heterocycles. The molecule has 0 saturated heterocycles. The first-order chi connectivity index (χ1) is 15.7. The molecule has 1 aromatic heterocycles.